The SMILES string of the molecule is CCCOc1ccc2c(c1)c1c3c(c4c5ccccc5n5c4c1n2C1CC(O)C5O1)CNC3=O. The summed E-state index contributed by atoms with van der Waals surface area (Å²) in [5.74, 6) is 0.756. The molecule has 8 rings (SSSR count). The molecule has 3 unspecified atom stereocenters. The fourth-order valence-corrected chi connectivity index (χ4v) is 6.44. The van der Waals surface area contributed by atoms with E-state index in [9.17, 15) is 9.90 Å². The van der Waals surface area contributed by atoms with Gasteiger partial charge in [0.25, 0.3) is 5.91 Å². The number of para-hydroxylation sites is 1. The van der Waals surface area contributed by atoms with E-state index in [1.54, 1.807) is 0 Å². The minimum atomic E-state index is -0.621. The highest BCUT2D eigenvalue weighted by molar-refractivity contribution is 6.31. The van der Waals surface area contributed by atoms with Gasteiger partial charge in [-0.05, 0) is 36.2 Å². The van der Waals surface area contributed by atoms with E-state index in [1.165, 1.54) is 0 Å². The molecule has 7 heteroatoms. The zero-order valence-corrected chi connectivity index (χ0v) is 18.7. The van der Waals surface area contributed by atoms with E-state index >= 15 is 0 Å². The second-order valence-electron chi connectivity index (χ2n) is 9.55. The van der Waals surface area contributed by atoms with Gasteiger partial charge in [-0.25, -0.2) is 0 Å². The second-order valence-corrected chi connectivity index (χ2v) is 9.55. The number of aromatic nitrogens is 2. The van der Waals surface area contributed by atoms with Crippen LogP contribution in [-0.2, 0) is 11.3 Å². The van der Waals surface area contributed by atoms with Crippen molar-refractivity contribution in [2.24, 2.45) is 0 Å². The Balaban J connectivity index is 1.66. The lowest BCUT2D eigenvalue weighted by Gasteiger charge is -2.18. The van der Waals surface area contributed by atoms with E-state index < -0.39 is 12.3 Å². The molecule has 3 aliphatic rings. The Labute approximate surface area is 194 Å². The number of aliphatic hydroxyl groups excluding tert-OH is 1. The maximum absolute atomic E-state index is 13.3. The molecule has 0 saturated carbocycles. The lowest BCUT2D eigenvalue weighted by molar-refractivity contribution is -0.0504. The van der Waals surface area contributed by atoms with Gasteiger partial charge in [0, 0.05) is 34.5 Å². The maximum Gasteiger partial charge on any atom is 0.252 e. The molecule has 5 aromatic rings. The topological polar surface area (TPSA) is 77.7 Å². The molecule has 3 aliphatic heterocycles. The van der Waals surface area contributed by atoms with Crippen molar-refractivity contribution in [3.05, 3.63) is 53.6 Å². The van der Waals surface area contributed by atoms with E-state index in [0.717, 1.165) is 66.9 Å². The molecular weight excluding hydrogens is 430 g/mol. The number of carbonyl (C=O) groups excluding carboxylic acids is 1. The minimum absolute atomic E-state index is 0.0389. The van der Waals surface area contributed by atoms with Gasteiger partial charge in [-0.15, -0.1) is 0 Å². The van der Waals surface area contributed by atoms with Crippen LogP contribution in [0.25, 0.3) is 43.6 Å². The van der Waals surface area contributed by atoms with Crippen LogP contribution in [0.3, 0.4) is 0 Å². The van der Waals surface area contributed by atoms with Crippen molar-refractivity contribution in [2.75, 3.05) is 6.61 Å². The molecule has 34 heavy (non-hydrogen) atoms. The highest BCUT2D eigenvalue weighted by Gasteiger charge is 2.44. The molecule has 7 nitrogen and oxygen atoms in total. The molecule has 0 spiro atoms. The summed E-state index contributed by atoms with van der Waals surface area (Å²) in [6.07, 6.45) is 0.0134. The zero-order chi connectivity index (χ0) is 22.7. The van der Waals surface area contributed by atoms with E-state index in [-0.39, 0.29) is 12.1 Å². The fourth-order valence-electron chi connectivity index (χ4n) is 6.44. The predicted molar refractivity (Wildman–Crippen MR) is 129 cm³/mol. The van der Waals surface area contributed by atoms with Crippen LogP contribution >= 0.6 is 0 Å². The molecule has 1 saturated heterocycles. The van der Waals surface area contributed by atoms with Crippen LogP contribution in [0.1, 0.15) is 48.1 Å². The van der Waals surface area contributed by atoms with Gasteiger partial charge in [-0.2, -0.15) is 0 Å². The molecule has 0 aliphatic carbocycles. The molecule has 3 aromatic carbocycles. The lowest BCUT2D eigenvalue weighted by Crippen LogP contribution is -2.19. The summed E-state index contributed by atoms with van der Waals surface area (Å²) in [4.78, 5) is 13.3. The summed E-state index contributed by atoms with van der Waals surface area (Å²) >= 11 is 0. The molecule has 2 aromatic heterocycles. The fraction of sp³-hybridized carbons (Fsp3) is 0.296. The minimum Gasteiger partial charge on any atom is -0.494 e. The summed E-state index contributed by atoms with van der Waals surface area (Å²) in [5.41, 5.74) is 5.81. The summed E-state index contributed by atoms with van der Waals surface area (Å²) < 4.78 is 16.9. The third kappa shape index (κ3) is 2.08. The molecule has 170 valence electrons. The molecular formula is C27H23N3O4. The second kappa shape index (κ2) is 6.31. The average Bonchev–Trinajstić information content (AvgIpc) is 3.55. The van der Waals surface area contributed by atoms with Crippen molar-refractivity contribution in [3.63, 3.8) is 0 Å². The Kier molecular flexibility index (Phi) is 3.50. The summed E-state index contributed by atoms with van der Waals surface area (Å²) in [7, 11) is 0. The molecule has 1 amide bonds. The van der Waals surface area contributed by atoms with Gasteiger partial charge < -0.3 is 29.0 Å². The normalized spacial score (nSPS) is 22.9. The number of carbonyl (C=O) groups is 1. The first-order chi connectivity index (χ1) is 16.7. The van der Waals surface area contributed by atoms with Crippen LogP contribution in [0.2, 0.25) is 0 Å². The highest BCUT2D eigenvalue weighted by Crippen LogP contribution is 2.52. The number of fused-ring (bicyclic) bond motifs is 13. The van der Waals surface area contributed by atoms with Crippen molar-refractivity contribution >= 4 is 49.5 Å². The molecule has 2 bridgehead atoms. The van der Waals surface area contributed by atoms with Crippen LogP contribution in [0.15, 0.2) is 42.5 Å². The van der Waals surface area contributed by atoms with Crippen molar-refractivity contribution in [1.29, 1.82) is 0 Å². The van der Waals surface area contributed by atoms with Crippen molar-refractivity contribution in [1.82, 2.24) is 14.5 Å². The quantitative estimate of drug-likeness (QED) is 0.414. The molecule has 3 atom stereocenters. The first kappa shape index (κ1) is 18.8. The number of nitrogens with zero attached hydrogens (tertiary/aromatic N) is 2. The Hall–Kier alpha value is -3.55. The van der Waals surface area contributed by atoms with Crippen molar-refractivity contribution in [2.45, 2.75) is 44.9 Å². The van der Waals surface area contributed by atoms with Crippen LogP contribution in [-0.4, -0.2) is 32.9 Å². The van der Waals surface area contributed by atoms with Crippen LogP contribution in [0.5, 0.6) is 5.75 Å². The lowest BCUT2D eigenvalue weighted by atomic mass is 9.97. The van der Waals surface area contributed by atoms with Gasteiger partial charge in [0.2, 0.25) is 0 Å². The number of amides is 1. The molecule has 1 fully saturated rings. The molecule has 5 heterocycles. The number of nitrogens with one attached hydrogen (secondary N) is 1. The van der Waals surface area contributed by atoms with E-state index in [1.807, 2.05) is 18.2 Å². The summed E-state index contributed by atoms with van der Waals surface area (Å²) in [6, 6.07) is 14.3. The predicted octanol–water partition coefficient (Wildman–Crippen LogP) is 4.73. The standard InChI is InChI=1S/C27H23N3O4/c1-2-9-33-13-7-8-18-15(10-13)22-23-16(12-28-26(23)32)21-14-5-3-4-6-17(14)30-24(21)25(22)29(18)20-11-19(31)27(30)34-20/h3-8,10,19-20,27,31H,2,9,11-12H2,1H3,(H,28,32). The largest absolute Gasteiger partial charge is 0.494 e. The first-order valence-electron chi connectivity index (χ1n) is 12.0. The van der Waals surface area contributed by atoms with Gasteiger partial charge in [0.1, 0.15) is 18.1 Å². The van der Waals surface area contributed by atoms with Gasteiger partial charge in [-0.1, -0.05) is 25.1 Å². The Bertz CT molecular complexity index is 1710. The number of aliphatic hydroxyl groups is 1. The third-order valence-electron chi connectivity index (χ3n) is 7.70. The van der Waals surface area contributed by atoms with E-state index in [4.69, 9.17) is 9.47 Å². The van der Waals surface area contributed by atoms with Crippen LogP contribution in [0, 0.1) is 0 Å². The number of hydrogen-bond acceptors (Lipinski definition) is 4. The highest BCUT2D eigenvalue weighted by atomic mass is 16.5. The van der Waals surface area contributed by atoms with Crippen molar-refractivity contribution < 1.29 is 19.4 Å². The summed E-state index contributed by atoms with van der Waals surface area (Å²) in [6.45, 7) is 3.22. The van der Waals surface area contributed by atoms with E-state index in [0.29, 0.717) is 19.6 Å². The van der Waals surface area contributed by atoms with Crippen LogP contribution < -0.4 is 10.1 Å². The zero-order valence-electron chi connectivity index (χ0n) is 18.7. The number of rotatable bonds is 3. The number of hydrogen-bond donors (Lipinski definition) is 2. The molecule has 0 radical (unpaired) electrons. The smallest absolute Gasteiger partial charge is 0.252 e. The van der Waals surface area contributed by atoms with Crippen LogP contribution in [0.4, 0.5) is 0 Å². The van der Waals surface area contributed by atoms with Gasteiger partial charge >= 0.3 is 0 Å². The van der Waals surface area contributed by atoms with E-state index in [2.05, 4.69) is 45.6 Å². The van der Waals surface area contributed by atoms with Gasteiger partial charge in [0.05, 0.1) is 34.2 Å². The third-order valence-corrected chi connectivity index (χ3v) is 7.70. The van der Waals surface area contributed by atoms with Crippen molar-refractivity contribution in [3.8, 4) is 5.75 Å². The molecule has 2 N–H and O–H groups in total. The van der Waals surface area contributed by atoms with Gasteiger partial charge in [-0.3, -0.25) is 4.79 Å². The average molecular weight is 453 g/mol. The Morgan fingerprint density at radius 2 is 1.91 bits per heavy atom. The van der Waals surface area contributed by atoms with Gasteiger partial charge in [0.15, 0.2) is 6.23 Å². The summed E-state index contributed by atoms with van der Waals surface area (Å²) in [5, 5.41) is 18.2. The first-order valence-corrected chi connectivity index (χ1v) is 12.0. The Morgan fingerprint density at radius 1 is 1.09 bits per heavy atom. The maximum atomic E-state index is 13.3. The Morgan fingerprint density at radius 3 is 2.79 bits per heavy atom. The monoisotopic (exact) mass is 453 g/mol. The number of ether oxygens (including phenoxy) is 2. The number of benzene rings is 3.